The molecular weight excluding hydrogens is 526 g/mol. The molecule has 11 heteroatoms. The van der Waals surface area contributed by atoms with Crippen LogP contribution in [0.4, 0.5) is 32.0 Å². The van der Waals surface area contributed by atoms with Crippen molar-refractivity contribution in [3.8, 4) is 0 Å². The van der Waals surface area contributed by atoms with Gasteiger partial charge in [-0.3, -0.25) is 9.59 Å². The molecule has 0 radical (unpaired) electrons. The van der Waals surface area contributed by atoms with Crippen LogP contribution in [0.15, 0.2) is 42.5 Å². The molecule has 2 heterocycles. The molecular formula is C28H28F6N2O3. The van der Waals surface area contributed by atoms with E-state index in [1.165, 1.54) is 6.07 Å². The van der Waals surface area contributed by atoms with Crippen LogP contribution in [0.3, 0.4) is 0 Å². The number of likely N-dealkylation sites (tertiary alicyclic amines) is 1. The summed E-state index contributed by atoms with van der Waals surface area (Å²) in [5, 5.41) is 2.41. The van der Waals surface area contributed by atoms with Gasteiger partial charge in [0.15, 0.2) is 0 Å². The lowest BCUT2D eigenvalue weighted by atomic mass is 9.90. The number of anilines is 1. The average molecular weight is 555 g/mol. The van der Waals surface area contributed by atoms with Crippen LogP contribution in [0, 0.1) is 11.8 Å². The predicted octanol–water partition coefficient (Wildman–Crippen LogP) is 6.85. The van der Waals surface area contributed by atoms with Crippen molar-refractivity contribution in [1.29, 1.82) is 0 Å². The average Bonchev–Trinajstić information content (AvgIpc) is 3.57. The fourth-order valence-corrected chi connectivity index (χ4v) is 5.91. The zero-order valence-corrected chi connectivity index (χ0v) is 20.9. The molecule has 5 nitrogen and oxygen atoms in total. The summed E-state index contributed by atoms with van der Waals surface area (Å²) in [4.78, 5) is 27.5. The van der Waals surface area contributed by atoms with Crippen molar-refractivity contribution < 1.29 is 40.7 Å². The number of carbonyl (C=O) groups excluding carboxylic acids is 2. The minimum Gasteiger partial charge on any atom is -0.370 e. The third-order valence-corrected chi connectivity index (χ3v) is 7.90. The van der Waals surface area contributed by atoms with Crippen LogP contribution in [0.2, 0.25) is 0 Å². The highest BCUT2D eigenvalue weighted by molar-refractivity contribution is 6.04. The van der Waals surface area contributed by atoms with Gasteiger partial charge in [0, 0.05) is 36.2 Å². The number of rotatable bonds is 4. The Morgan fingerprint density at radius 1 is 0.897 bits per heavy atom. The van der Waals surface area contributed by atoms with Crippen LogP contribution in [-0.2, 0) is 21.9 Å². The molecule has 0 aromatic heterocycles. The van der Waals surface area contributed by atoms with Gasteiger partial charge in [0.25, 0.3) is 5.91 Å². The van der Waals surface area contributed by atoms with Crippen LogP contribution < -0.4 is 5.32 Å². The smallest absolute Gasteiger partial charge is 0.370 e. The molecule has 1 aliphatic carbocycles. The first-order valence-corrected chi connectivity index (χ1v) is 13.0. The molecule has 2 aromatic rings. The van der Waals surface area contributed by atoms with Crippen molar-refractivity contribution in [2.75, 3.05) is 18.4 Å². The third kappa shape index (κ3) is 6.08. The van der Waals surface area contributed by atoms with E-state index < -0.39 is 35.0 Å². The second-order valence-electron chi connectivity index (χ2n) is 10.6. The molecule has 2 aliphatic heterocycles. The van der Waals surface area contributed by atoms with Gasteiger partial charge in [-0.25, -0.2) is 0 Å². The molecule has 3 aliphatic rings. The van der Waals surface area contributed by atoms with Crippen molar-refractivity contribution in [3.63, 3.8) is 0 Å². The zero-order chi connectivity index (χ0) is 27.9. The van der Waals surface area contributed by atoms with Crippen LogP contribution in [0.1, 0.15) is 71.7 Å². The molecule has 2 aromatic carbocycles. The van der Waals surface area contributed by atoms with Crippen molar-refractivity contribution in [2.24, 2.45) is 11.8 Å². The van der Waals surface area contributed by atoms with Gasteiger partial charge in [-0.15, -0.1) is 0 Å². The molecule has 39 heavy (non-hydrogen) atoms. The van der Waals surface area contributed by atoms with E-state index in [9.17, 15) is 35.9 Å². The third-order valence-electron chi connectivity index (χ3n) is 7.90. The quantitative estimate of drug-likeness (QED) is 0.421. The Labute approximate surface area is 221 Å². The normalized spacial score (nSPS) is 24.1. The second-order valence-corrected chi connectivity index (χ2v) is 10.6. The number of amides is 2. The summed E-state index contributed by atoms with van der Waals surface area (Å²) in [6, 6.07) is 7.33. The first-order chi connectivity index (χ1) is 18.4. The van der Waals surface area contributed by atoms with E-state index in [-0.39, 0.29) is 41.7 Å². The molecule has 2 amide bonds. The lowest BCUT2D eigenvalue weighted by Gasteiger charge is -2.35. The highest BCUT2D eigenvalue weighted by Gasteiger charge is 2.42. The monoisotopic (exact) mass is 554 g/mol. The maximum absolute atomic E-state index is 13.2. The molecule has 0 spiro atoms. The Kier molecular flexibility index (Phi) is 7.39. The maximum Gasteiger partial charge on any atom is 0.416 e. The summed E-state index contributed by atoms with van der Waals surface area (Å²) >= 11 is 0. The molecule has 1 saturated carbocycles. The molecule has 210 valence electrons. The molecule has 0 bridgehead atoms. The Morgan fingerprint density at radius 3 is 2.21 bits per heavy atom. The first kappa shape index (κ1) is 27.5. The lowest BCUT2D eigenvalue weighted by molar-refractivity contribution is -0.143. The van der Waals surface area contributed by atoms with Crippen molar-refractivity contribution in [2.45, 2.75) is 63.1 Å². The van der Waals surface area contributed by atoms with Crippen molar-refractivity contribution >= 4 is 17.5 Å². The zero-order valence-electron chi connectivity index (χ0n) is 20.9. The maximum atomic E-state index is 13.2. The van der Waals surface area contributed by atoms with Gasteiger partial charge in [0.05, 0.1) is 23.3 Å². The number of nitrogens with one attached hydrogen (secondary N) is 1. The number of alkyl halides is 6. The van der Waals surface area contributed by atoms with Crippen LogP contribution in [-0.4, -0.2) is 35.9 Å². The van der Waals surface area contributed by atoms with E-state index in [1.807, 2.05) is 4.90 Å². The summed E-state index contributed by atoms with van der Waals surface area (Å²) in [6.07, 6.45) is -4.95. The van der Waals surface area contributed by atoms with Crippen LogP contribution in [0.25, 0.3) is 0 Å². The molecule has 3 atom stereocenters. The standard InChI is InChI=1S/C28H28F6N2O3/c29-27(30,31)20-10-18(11-21(14-20)28(32,33)34)25(37)35-22-7-3-6-17(12-22)24-13-19-15-36(9-8-23(19)39-24)26(38)16-4-1-2-5-16/h3,6-7,10-12,14,16,19,23-24H,1-2,4-5,8-9,13,15H2,(H,35,37). The van der Waals surface area contributed by atoms with Crippen molar-refractivity contribution in [1.82, 2.24) is 4.90 Å². The largest absolute Gasteiger partial charge is 0.416 e. The number of halogens is 6. The summed E-state index contributed by atoms with van der Waals surface area (Å²) in [7, 11) is 0. The Bertz CT molecular complexity index is 1210. The molecule has 3 fully saturated rings. The number of nitrogens with zero attached hydrogens (tertiary/aromatic N) is 1. The fourth-order valence-electron chi connectivity index (χ4n) is 5.91. The van der Waals surface area contributed by atoms with Gasteiger partial charge >= 0.3 is 12.4 Å². The summed E-state index contributed by atoms with van der Waals surface area (Å²) < 4.78 is 85.4. The predicted molar refractivity (Wildman–Crippen MR) is 130 cm³/mol. The highest BCUT2D eigenvalue weighted by atomic mass is 19.4. The SMILES string of the molecule is O=C(Nc1cccc(C2CC3CN(C(=O)C4CCCC4)CCC3O2)c1)c1cc(C(F)(F)F)cc(C(F)(F)F)c1. The Morgan fingerprint density at radius 2 is 1.56 bits per heavy atom. The number of benzene rings is 2. The van der Waals surface area contributed by atoms with Crippen molar-refractivity contribution in [3.05, 3.63) is 64.7 Å². The summed E-state index contributed by atoms with van der Waals surface area (Å²) in [5.41, 5.74) is -2.91. The fraction of sp³-hybridized carbons (Fsp3) is 0.500. The number of hydrogen-bond acceptors (Lipinski definition) is 3. The summed E-state index contributed by atoms with van der Waals surface area (Å²) in [5.74, 6) is -0.588. The molecule has 5 rings (SSSR count). The van der Waals surface area contributed by atoms with Gasteiger partial charge in [-0.2, -0.15) is 26.3 Å². The number of hydrogen-bond donors (Lipinski definition) is 1. The van der Waals surface area contributed by atoms with E-state index >= 15 is 0 Å². The molecule has 3 unspecified atom stereocenters. The van der Waals surface area contributed by atoms with E-state index in [0.29, 0.717) is 31.6 Å². The highest BCUT2D eigenvalue weighted by Crippen LogP contribution is 2.42. The van der Waals surface area contributed by atoms with Gasteiger partial charge in [-0.1, -0.05) is 25.0 Å². The van der Waals surface area contributed by atoms with E-state index in [4.69, 9.17) is 4.74 Å². The van der Waals surface area contributed by atoms with Gasteiger partial charge < -0.3 is 15.0 Å². The number of fused-ring (bicyclic) bond motifs is 1. The van der Waals surface area contributed by atoms with Crippen LogP contribution >= 0.6 is 0 Å². The van der Waals surface area contributed by atoms with E-state index in [2.05, 4.69) is 5.32 Å². The Hall–Kier alpha value is -3.08. The minimum absolute atomic E-state index is 0.00762. The van der Waals surface area contributed by atoms with Gasteiger partial charge in [0.1, 0.15) is 0 Å². The van der Waals surface area contributed by atoms with Gasteiger partial charge in [-0.05, 0) is 61.6 Å². The molecule has 2 saturated heterocycles. The Balaban J connectivity index is 1.27. The van der Waals surface area contributed by atoms with E-state index in [0.717, 1.165) is 37.7 Å². The summed E-state index contributed by atoms with van der Waals surface area (Å²) in [6.45, 7) is 1.28. The van der Waals surface area contributed by atoms with E-state index in [1.54, 1.807) is 18.2 Å². The number of piperidine rings is 1. The number of carbonyl (C=O) groups is 2. The first-order valence-electron chi connectivity index (χ1n) is 13.0. The topological polar surface area (TPSA) is 58.6 Å². The van der Waals surface area contributed by atoms with Crippen LogP contribution in [0.5, 0.6) is 0 Å². The van der Waals surface area contributed by atoms with Gasteiger partial charge in [0.2, 0.25) is 5.91 Å². The second kappa shape index (κ2) is 10.5. The number of ether oxygens (including phenoxy) is 1. The lowest BCUT2D eigenvalue weighted by Crippen LogP contribution is -2.46. The molecule has 1 N–H and O–H groups in total. The minimum atomic E-state index is -5.05.